The van der Waals surface area contributed by atoms with Crippen molar-refractivity contribution in [3.63, 3.8) is 0 Å². The molecule has 8 heteroatoms. The summed E-state index contributed by atoms with van der Waals surface area (Å²) in [5.74, 6) is -0.665. The third-order valence-corrected chi connectivity index (χ3v) is 4.29. The Morgan fingerprint density at radius 3 is 2.64 bits per heavy atom. The number of hydrogen-bond acceptors (Lipinski definition) is 5. The van der Waals surface area contributed by atoms with Crippen molar-refractivity contribution in [3.8, 4) is 5.75 Å². The zero-order valence-electron chi connectivity index (χ0n) is 13.7. The van der Waals surface area contributed by atoms with E-state index in [0.29, 0.717) is 28.8 Å². The largest absolute Gasteiger partial charge is 0.543 e. The van der Waals surface area contributed by atoms with Gasteiger partial charge in [-0.3, -0.25) is 0 Å². The molecule has 0 amide bonds. The molecule has 2 aromatic rings. The Kier molecular flexibility index (Phi) is 6.05. The number of rotatable bonds is 7. The lowest BCUT2D eigenvalue weighted by molar-refractivity contribution is -0.255. The molecular formula is C17H17F3NO3S-. The van der Waals surface area contributed by atoms with Crippen LogP contribution in [-0.2, 0) is 12.6 Å². The Labute approximate surface area is 147 Å². The van der Waals surface area contributed by atoms with Crippen molar-refractivity contribution < 1.29 is 27.8 Å². The summed E-state index contributed by atoms with van der Waals surface area (Å²) in [6.07, 6.45) is -3.64. The van der Waals surface area contributed by atoms with E-state index in [0.717, 1.165) is 29.9 Å². The predicted octanol–water partition coefficient (Wildman–Crippen LogP) is 3.54. The third-order valence-electron chi connectivity index (χ3n) is 3.44. The maximum Gasteiger partial charge on any atom is 0.416 e. The van der Waals surface area contributed by atoms with Crippen LogP contribution < -0.4 is 9.84 Å². The van der Waals surface area contributed by atoms with E-state index in [-0.39, 0.29) is 12.1 Å². The summed E-state index contributed by atoms with van der Waals surface area (Å²) in [5, 5.41) is 12.5. The third kappa shape index (κ3) is 5.45. The average Bonchev–Trinajstić information content (AvgIpc) is 2.96. The molecule has 0 aliphatic rings. The summed E-state index contributed by atoms with van der Waals surface area (Å²) < 4.78 is 44.5. The molecule has 0 atom stereocenters. The molecule has 1 heterocycles. The maximum atomic E-state index is 13.0. The zero-order valence-corrected chi connectivity index (χ0v) is 14.5. The van der Waals surface area contributed by atoms with Crippen molar-refractivity contribution in [1.29, 1.82) is 0 Å². The van der Waals surface area contributed by atoms with Gasteiger partial charge in [-0.1, -0.05) is 13.8 Å². The van der Waals surface area contributed by atoms with Crippen LogP contribution in [0.5, 0.6) is 5.75 Å². The summed E-state index contributed by atoms with van der Waals surface area (Å²) in [7, 11) is 0. The van der Waals surface area contributed by atoms with Crippen LogP contribution in [0.15, 0.2) is 23.6 Å². The summed E-state index contributed by atoms with van der Waals surface area (Å²) in [5.41, 5.74) is -0.692. The molecule has 0 N–H and O–H groups in total. The number of halogens is 3. The molecule has 0 unspecified atom stereocenters. The monoisotopic (exact) mass is 372 g/mol. The standard InChI is InChI=1S/C17H18F3NO3S/c1-10(2)5-6-24-14-4-3-12(17(18,19)20)7-11(14)8-15-21-13(9-25-15)16(22)23/h3-4,7,9-10H,5-6,8H2,1-2H3,(H,22,23)/p-1. The van der Waals surface area contributed by atoms with Gasteiger partial charge in [-0.25, -0.2) is 4.98 Å². The molecule has 4 nitrogen and oxygen atoms in total. The zero-order chi connectivity index (χ0) is 18.6. The first-order valence-corrected chi connectivity index (χ1v) is 8.53. The van der Waals surface area contributed by atoms with Crippen LogP contribution >= 0.6 is 11.3 Å². The number of carbonyl (C=O) groups is 1. The van der Waals surface area contributed by atoms with Gasteiger partial charge in [-0.2, -0.15) is 13.2 Å². The average molecular weight is 372 g/mol. The number of ether oxygens (including phenoxy) is 1. The minimum absolute atomic E-state index is 0.0544. The van der Waals surface area contributed by atoms with Crippen LogP contribution in [0.1, 0.15) is 46.9 Å². The molecule has 0 saturated heterocycles. The van der Waals surface area contributed by atoms with E-state index >= 15 is 0 Å². The van der Waals surface area contributed by atoms with Gasteiger partial charge in [-0.15, -0.1) is 11.3 Å². The Morgan fingerprint density at radius 1 is 1.36 bits per heavy atom. The number of carboxylic acid groups (broad SMARTS) is 1. The molecule has 0 saturated carbocycles. The van der Waals surface area contributed by atoms with E-state index in [4.69, 9.17) is 4.74 Å². The van der Waals surface area contributed by atoms with Gasteiger partial charge >= 0.3 is 6.18 Å². The second kappa shape index (κ2) is 7.86. The molecule has 2 rings (SSSR count). The van der Waals surface area contributed by atoms with Gasteiger partial charge in [0, 0.05) is 17.4 Å². The molecule has 0 spiro atoms. The molecule has 0 aliphatic carbocycles. The number of thiazole rings is 1. The molecular weight excluding hydrogens is 355 g/mol. The normalized spacial score (nSPS) is 11.8. The van der Waals surface area contributed by atoms with Gasteiger partial charge in [-0.05, 0) is 30.5 Å². The minimum Gasteiger partial charge on any atom is -0.543 e. The lowest BCUT2D eigenvalue weighted by atomic mass is 10.1. The van der Waals surface area contributed by atoms with Gasteiger partial charge in [0.05, 0.1) is 28.8 Å². The highest BCUT2D eigenvalue weighted by molar-refractivity contribution is 7.09. The van der Waals surface area contributed by atoms with E-state index in [2.05, 4.69) is 4.98 Å². The van der Waals surface area contributed by atoms with Crippen LogP contribution in [-0.4, -0.2) is 17.6 Å². The maximum absolute atomic E-state index is 13.0. The van der Waals surface area contributed by atoms with E-state index in [1.165, 1.54) is 11.4 Å². The highest BCUT2D eigenvalue weighted by Gasteiger charge is 2.31. The van der Waals surface area contributed by atoms with Gasteiger partial charge in [0.25, 0.3) is 0 Å². The smallest absolute Gasteiger partial charge is 0.416 e. The number of alkyl halides is 3. The van der Waals surface area contributed by atoms with Crippen LogP contribution in [0.3, 0.4) is 0 Å². The van der Waals surface area contributed by atoms with Crippen LogP contribution in [0.25, 0.3) is 0 Å². The lowest BCUT2D eigenvalue weighted by Gasteiger charge is -2.15. The molecule has 136 valence electrons. The second-order valence-corrected chi connectivity index (χ2v) is 6.88. The first-order chi connectivity index (χ1) is 11.7. The first-order valence-electron chi connectivity index (χ1n) is 7.65. The molecule has 1 aromatic carbocycles. The van der Waals surface area contributed by atoms with Crippen molar-refractivity contribution >= 4 is 17.3 Å². The topological polar surface area (TPSA) is 62.2 Å². The predicted molar refractivity (Wildman–Crippen MR) is 85.6 cm³/mol. The summed E-state index contributed by atoms with van der Waals surface area (Å²) in [6, 6.07) is 3.29. The van der Waals surface area contributed by atoms with Gasteiger partial charge in [0.15, 0.2) is 0 Å². The molecule has 1 aromatic heterocycles. The summed E-state index contributed by atoms with van der Waals surface area (Å²) >= 11 is 1.05. The van der Waals surface area contributed by atoms with Gasteiger partial charge in [0.2, 0.25) is 0 Å². The highest BCUT2D eigenvalue weighted by atomic mass is 32.1. The summed E-state index contributed by atoms with van der Waals surface area (Å²) in [6.45, 7) is 4.43. The Morgan fingerprint density at radius 2 is 2.08 bits per heavy atom. The number of carbonyl (C=O) groups excluding carboxylic acids is 1. The summed E-state index contributed by atoms with van der Waals surface area (Å²) in [4.78, 5) is 14.7. The molecule has 0 aliphatic heterocycles. The van der Waals surface area contributed by atoms with Crippen molar-refractivity contribution in [2.75, 3.05) is 6.61 Å². The molecule has 0 bridgehead atoms. The molecule has 0 fully saturated rings. The fourth-order valence-electron chi connectivity index (χ4n) is 2.09. The fraction of sp³-hybridized carbons (Fsp3) is 0.412. The van der Waals surface area contributed by atoms with E-state index < -0.39 is 17.7 Å². The Balaban J connectivity index is 2.27. The van der Waals surface area contributed by atoms with Crippen molar-refractivity contribution in [3.05, 3.63) is 45.4 Å². The number of benzene rings is 1. The van der Waals surface area contributed by atoms with E-state index in [1.807, 2.05) is 13.8 Å². The quantitative estimate of drug-likeness (QED) is 0.746. The minimum atomic E-state index is -4.47. The number of hydrogen-bond donors (Lipinski definition) is 0. The van der Waals surface area contributed by atoms with Crippen molar-refractivity contribution in [2.24, 2.45) is 5.92 Å². The number of aromatic carboxylic acids is 1. The van der Waals surface area contributed by atoms with Gasteiger partial charge < -0.3 is 14.6 Å². The van der Waals surface area contributed by atoms with E-state index in [1.54, 1.807) is 0 Å². The highest BCUT2D eigenvalue weighted by Crippen LogP contribution is 2.34. The second-order valence-electron chi connectivity index (χ2n) is 5.94. The SMILES string of the molecule is CC(C)CCOc1ccc(C(F)(F)F)cc1Cc1nc(C(=O)[O-])cs1. The van der Waals surface area contributed by atoms with Crippen LogP contribution in [0.2, 0.25) is 0 Å². The number of aromatic nitrogens is 1. The van der Waals surface area contributed by atoms with Crippen LogP contribution in [0.4, 0.5) is 13.2 Å². The lowest BCUT2D eigenvalue weighted by Crippen LogP contribution is -2.22. The molecule has 25 heavy (non-hydrogen) atoms. The first kappa shape index (κ1) is 19.2. The van der Waals surface area contributed by atoms with Crippen LogP contribution in [0, 0.1) is 5.92 Å². The Hall–Kier alpha value is -2.09. The van der Waals surface area contributed by atoms with Crippen molar-refractivity contribution in [1.82, 2.24) is 4.98 Å². The van der Waals surface area contributed by atoms with E-state index in [9.17, 15) is 23.1 Å². The fourth-order valence-corrected chi connectivity index (χ4v) is 2.87. The number of nitrogens with zero attached hydrogens (tertiary/aromatic N) is 1. The Bertz CT molecular complexity index is 741. The van der Waals surface area contributed by atoms with Crippen molar-refractivity contribution in [2.45, 2.75) is 32.9 Å². The van der Waals surface area contributed by atoms with Gasteiger partial charge in [0.1, 0.15) is 5.75 Å². The molecule has 0 radical (unpaired) electrons. The number of carboxylic acids is 1.